The van der Waals surface area contributed by atoms with Crippen molar-refractivity contribution in [2.75, 3.05) is 26.2 Å². The van der Waals surface area contributed by atoms with Crippen molar-refractivity contribution in [2.24, 2.45) is 5.92 Å². The van der Waals surface area contributed by atoms with E-state index in [1.54, 1.807) is 0 Å². The average Bonchev–Trinajstić information content (AvgIpc) is 2.89. The minimum Gasteiger partial charge on any atom is -0.352 e. The van der Waals surface area contributed by atoms with Gasteiger partial charge in [-0.1, -0.05) is 13.0 Å². The van der Waals surface area contributed by atoms with Gasteiger partial charge in [-0.05, 0) is 72.4 Å². The summed E-state index contributed by atoms with van der Waals surface area (Å²) in [5.74, 6) is 0.492. The zero-order chi connectivity index (χ0) is 14.5. The van der Waals surface area contributed by atoms with Gasteiger partial charge in [-0.15, -0.1) is 0 Å². The summed E-state index contributed by atoms with van der Waals surface area (Å²) in [5, 5.41) is 3.04. The molecule has 1 aliphatic heterocycles. The molecule has 0 aliphatic carbocycles. The van der Waals surface area contributed by atoms with E-state index in [0.717, 1.165) is 23.1 Å². The molecule has 0 saturated carbocycles. The first-order chi connectivity index (χ1) is 9.56. The number of nitrogens with one attached hydrogen (secondary N) is 1. The topological polar surface area (TPSA) is 32.3 Å². The number of amides is 1. The van der Waals surface area contributed by atoms with Crippen molar-refractivity contribution in [1.29, 1.82) is 0 Å². The van der Waals surface area contributed by atoms with E-state index in [-0.39, 0.29) is 5.91 Å². The zero-order valence-electron chi connectivity index (χ0n) is 12.3. The molecule has 0 aromatic heterocycles. The highest BCUT2D eigenvalue weighted by Crippen LogP contribution is 2.18. The number of halogens is 1. The van der Waals surface area contributed by atoms with Crippen LogP contribution in [-0.4, -0.2) is 37.0 Å². The average molecular weight is 339 g/mol. The Balaban J connectivity index is 1.81. The third-order valence-corrected chi connectivity index (χ3v) is 4.40. The molecule has 1 aromatic rings. The van der Waals surface area contributed by atoms with Gasteiger partial charge in [0.2, 0.25) is 0 Å². The van der Waals surface area contributed by atoms with Crippen molar-refractivity contribution in [3.05, 3.63) is 33.8 Å². The normalized spacial score (nSPS) is 17.1. The Morgan fingerprint density at radius 2 is 2.10 bits per heavy atom. The van der Waals surface area contributed by atoms with Gasteiger partial charge in [0, 0.05) is 17.6 Å². The minimum atomic E-state index is 0.00477. The van der Waals surface area contributed by atoms with Crippen molar-refractivity contribution in [3.63, 3.8) is 0 Å². The molecule has 2 rings (SSSR count). The molecule has 1 unspecified atom stereocenters. The van der Waals surface area contributed by atoms with Gasteiger partial charge in [-0.25, -0.2) is 0 Å². The highest BCUT2D eigenvalue weighted by molar-refractivity contribution is 9.10. The van der Waals surface area contributed by atoms with E-state index in [9.17, 15) is 4.79 Å². The molecule has 1 aromatic carbocycles. The van der Waals surface area contributed by atoms with Crippen molar-refractivity contribution in [2.45, 2.75) is 26.7 Å². The fraction of sp³-hybridized carbons (Fsp3) is 0.562. The first-order valence-corrected chi connectivity index (χ1v) is 8.12. The molecule has 0 spiro atoms. The molecule has 1 amide bonds. The first-order valence-electron chi connectivity index (χ1n) is 7.33. The highest BCUT2D eigenvalue weighted by Gasteiger charge is 2.16. The van der Waals surface area contributed by atoms with Crippen LogP contribution in [0.25, 0.3) is 0 Å². The lowest BCUT2D eigenvalue weighted by molar-refractivity contribution is 0.0944. The monoisotopic (exact) mass is 338 g/mol. The van der Waals surface area contributed by atoms with Crippen LogP contribution in [0.15, 0.2) is 22.7 Å². The Hall–Kier alpha value is -0.870. The fourth-order valence-corrected chi connectivity index (χ4v) is 3.31. The molecule has 20 heavy (non-hydrogen) atoms. The van der Waals surface area contributed by atoms with Crippen LogP contribution < -0.4 is 5.32 Å². The summed E-state index contributed by atoms with van der Waals surface area (Å²) >= 11 is 3.46. The number of carbonyl (C=O) groups is 1. The van der Waals surface area contributed by atoms with E-state index < -0.39 is 0 Å². The van der Waals surface area contributed by atoms with Crippen LogP contribution in [0.2, 0.25) is 0 Å². The highest BCUT2D eigenvalue weighted by atomic mass is 79.9. The van der Waals surface area contributed by atoms with Crippen LogP contribution in [0, 0.1) is 12.8 Å². The van der Waals surface area contributed by atoms with E-state index in [1.807, 2.05) is 25.1 Å². The number of benzene rings is 1. The van der Waals surface area contributed by atoms with Crippen molar-refractivity contribution < 1.29 is 4.79 Å². The summed E-state index contributed by atoms with van der Waals surface area (Å²) in [6.07, 6.45) is 2.63. The predicted molar refractivity (Wildman–Crippen MR) is 86.1 cm³/mol. The summed E-state index contributed by atoms with van der Waals surface area (Å²) in [6, 6.07) is 5.82. The molecule has 1 heterocycles. The molecule has 110 valence electrons. The molecule has 1 fully saturated rings. The Kier molecular flexibility index (Phi) is 5.61. The van der Waals surface area contributed by atoms with Gasteiger partial charge in [0.25, 0.3) is 5.91 Å². The lowest BCUT2D eigenvalue weighted by atomic mass is 10.1. The Bertz CT molecular complexity index is 470. The summed E-state index contributed by atoms with van der Waals surface area (Å²) in [4.78, 5) is 14.6. The second-order valence-corrected chi connectivity index (χ2v) is 6.66. The van der Waals surface area contributed by atoms with Crippen LogP contribution >= 0.6 is 15.9 Å². The number of hydrogen-bond acceptors (Lipinski definition) is 2. The molecular formula is C16H23BrN2O. The van der Waals surface area contributed by atoms with Crippen molar-refractivity contribution in [1.82, 2.24) is 10.2 Å². The molecule has 0 radical (unpaired) electrons. The standard InChI is InChI=1S/C16H23BrN2O/c1-12-5-6-14(15(17)9-12)16(20)18-10-13(2)11-19-7-3-4-8-19/h5-6,9,13H,3-4,7-8,10-11H2,1-2H3,(H,18,20). The molecule has 0 bridgehead atoms. The number of aryl methyl sites for hydroxylation is 1. The lowest BCUT2D eigenvalue weighted by Gasteiger charge is -2.20. The van der Waals surface area contributed by atoms with Crippen LogP contribution in [0.5, 0.6) is 0 Å². The number of likely N-dealkylation sites (tertiary alicyclic amines) is 1. The van der Waals surface area contributed by atoms with Gasteiger partial charge in [0.05, 0.1) is 5.56 Å². The maximum absolute atomic E-state index is 12.2. The Morgan fingerprint density at radius 3 is 2.75 bits per heavy atom. The van der Waals surface area contributed by atoms with Crippen LogP contribution in [-0.2, 0) is 0 Å². The van der Waals surface area contributed by atoms with Gasteiger partial charge < -0.3 is 10.2 Å². The maximum atomic E-state index is 12.2. The van der Waals surface area contributed by atoms with E-state index in [0.29, 0.717) is 11.5 Å². The van der Waals surface area contributed by atoms with Gasteiger partial charge in [0.1, 0.15) is 0 Å². The summed E-state index contributed by atoms with van der Waals surface area (Å²) in [6.45, 7) is 8.45. The Morgan fingerprint density at radius 1 is 1.40 bits per heavy atom. The maximum Gasteiger partial charge on any atom is 0.252 e. The Labute approximate surface area is 129 Å². The zero-order valence-corrected chi connectivity index (χ0v) is 13.9. The largest absolute Gasteiger partial charge is 0.352 e. The quantitative estimate of drug-likeness (QED) is 0.893. The summed E-state index contributed by atoms with van der Waals surface area (Å²) in [5.41, 5.74) is 1.86. The van der Waals surface area contributed by atoms with Gasteiger partial charge >= 0.3 is 0 Å². The second kappa shape index (κ2) is 7.23. The van der Waals surface area contributed by atoms with Crippen LogP contribution in [0.3, 0.4) is 0 Å². The minimum absolute atomic E-state index is 0.00477. The molecular weight excluding hydrogens is 316 g/mol. The molecule has 4 heteroatoms. The van der Waals surface area contributed by atoms with E-state index in [1.165, 1.54) is 25.9 Å². The van der Waals surface area contributed by atoms with Crippen LogP contribution in [0.4, 0.5) is 0 Å². The number of hydrogen-bond donors (Lipinski definition) is 1. The van der Waals surface area contributed by atoms with Crippen molar-refractivity contribution >= 4 is 21.8 Å². The molecule has 1 aliphatic rings. The van der Waals surface area contributed by atoms with E-state index >= 15 is 0 Å². The fourth-order valence-electron chi connectivity index (χ4n) is 2.64. The molecule has 3 nitrogen and oxygen atoms in total. The number of carbonyl (C=O) groups excluding carboxylic acids is 1. The number of rotatable bonds is 5. The summed E-state index contributed by atoms with van der Waals surface area (Å²) in [7, 11) is 0. The number of nitrogens with zero attached hydrogens (tertiary/aromatic N) is 1. The van der Waals surface area contributed by atoms with Gasteiger partial charge in [0.15, 0.2) is 0 Å². The summed E-state index contributed by atoms with van der Waals surface area (Å²) < 4.78 is 0.863. The third-order valence-electron chi connectivity index (χ3n) is 3.75. The van der Waals surface area contributed by atoms with Crippen LogP contribution in [0.1, 0.15) is 35.7 Å². The first kappa shape index (κ1) is 15.5. The molecule has 1 N–H and O–H groups in total. The van der Waals surface area contributed by atoms with E-state index in [2.05, 4.69) is 33.1 Å². The SMILES string of the molecule is Cc1ccc(C(=O)NCC(C)CN2CCCC2)c(Br)c1. The van der Waals surface area contributed by atoms with E-state index in [4.69, 9.17) is 0 Å². The van der Waals surface area contributed by atoms with Gasteiger partial charge in [-0.3, -0.25) is 4.79 Å². The van der Waals surface area contributed by atoms with Gasteiger partial charge in [-0.2, -0.15) is 0 Å². The smallest absolute Gasteiger partial charge is 0.252 e. The third kappa shape index (κ3) is 4.32. The van der Waals surface area contributed by atoms with Crippen molar-refractivity contribution in [3.8, 4) is 0 Å². The molecule has 1 atom stereocenters. The predicted octanol–water partition coefficient (Wildman–Crippen LogP) is 3.22. The second-order valence-electron chi connectivity index (χ2n) is 5.81. The molecule has 1 saturated heterocycles. The lowest BCUT2D eigenvalue weighted by Crippen LogP contribution is -2.34.